The molecule has 0 spiro atoms. The van der Waals surface area contributed by atoms with Gasteiger partial charge < -0.3 is 15.7 Å². The number of thiazole rings is 1. The molecule has 3 atom stereocenters. The minimum Gasteiger partial charge on any atom is -0.481 e. The smallest absolute Gasteiger partial charge is 0.307 e. The Bertz CT molecular complexity index is 1580. The number of hydrogen-bond acceptors (Lipinski definition) is 6. The quantitative estimate of drug-likeness (QED) is 0.146. The summed E-state index contributed by atoms with van der Waals surface area (Å²) < 4.78 is 0. The Morgan fingerprint density at radius 3 is 2.52 bits per heavy atom. The number of hydrogen-bond donors (Lipinski definition) is 3. The predicted octanol–water partition coefficient (Wildman–Crippen LogP) is 7.08. The minimum absolute atomic E-state index is 0.139. The van der Waals surface area contributed by atoms with Crippen LogP contribution < -0.4 is 10.6 Å². The van der Waals surface area contributed by atoms with E-state index in [4.69, 9.17) is 0 Å². The van der Waals surface area contributed by atoms with Gasteiger partial charge in [-0.15, -0.1) is 23.1 Å². The van der Waals surface area contributed by atoms with Crippen LogP contribution >= 0.6 is 23.1 Å². The second kappa shape index (κ2) is 12.5. The standard InChI is InChI=1S/C31H29N3O4S2/c1-2-27(29(36)34-31-33-26(18-39-31)21-15-14-19-8-3-4-9-20(19)16-21)40-23-11-7-10-22(17-23)32-28(35)24-12-5-6-13-25(24)30(37)38/h3-11,14-18,24-25,27H,2,12-13H2,1H3,(H,32,35)(H,37,38)(H,33,34,36). The van der Waals surface area contributed by atoms with Crippen molar-refractivity contribution in [2.75, 3.05) is 10.6 Å². The minimum atomic E-state index is -0.963. The average Bonchev–Trinajstić information content (AvgIpc) is 3.44. The van der Waals surface area contributed by atoms with Crippen molar-refractivity contribution in [2.24, 2.45) is 11.8 Å². The Kier molecular flexibility index (Phi) is 8.62. The molecule has 1 aliphatic carbocycles. The van der Waals surface area contributed by atoms with Crippen molar-refractivity contribution in [3.05, 3.63) is 84.3 Å². The molecule has 7 nitrogen and oxygen atoms in total. The number of benzene rings is 3. The van der Waals surface area contributed by atoms with Gasteiger partial charge in [0.25, 0.3) is 0 Å². The lowest BCUT2D eigenvalue weighted by Gasteiger charge is -2.24. The summed E-state index contributed by atoms with van der Waals surface area (Å²) in [4.78, 5) is 43.1. The Morgan fingerprint density at radius 1 is 0.975 bits per heavy atom. The number of thioether (sulfide) groups is 1. The molecular weight excluding hydrogens is 542 g/mol. The topological polar surface area (TPSA) is 108 Å². The SMILES string of the molecule is CCC(Sc1cccc(NC(=O)C2CC=CCC2C(=O)O)c1)C(=O)Nc1nc(-c2ccc3ccccc3c2)cs1. The van der Waals surface area contributed by atoms with Crippen LogP contribution in [-0.2, 0) is 14.4 Å². The summed E-state index contributed by atoms with van der Waals surface area (Å²) in [7, 11) is 0. The lowest BCUT2D eigenvalue weighted by atomic mass is 9.82. The maximum Gasteiger partial charge on any atom is 0.307 e. The molecule has 9 heteroatoms. The zero-order valence-corrected chi connectivity index (χ0v) is 23.5. The first-order chi connectivity index (χ1) is 19.4. The lowest BCUT2D eigenvalue weighted by molar-refractivity contribution is -0.146. The van der Waals surface area contributed by atoms with Gasteiger partial charge in [-0.3, -0.25) is 14.4 Å². The largest absolute Gasteiger partial charge is 0.481 e. The molecule has 5 rings (SSSR count). The molecule has 1 heterocycles. The Hall–Kier alpha value is -3.95. The number of amides is 2. The highest BCUT2D eigenvalue weighted by Crippen LogP contribution is 2.32. The third-order valence-electron chi connectivity index (χ3n) is 6.91. The maximum absolute atomic E-state index is 13.1. The highest BCUT2D eigenvalue weighted by atomic mass is 32.2. The lowest BCUT2D eigenvalue weighted by Crippen LogP contribution is -2.34. The average molecular weight is 572 g/mol. The van der Waals surface area contributed by atoms with Gasteiger partial charge in [-0.25, -0.2) is 4.98 Å². The molecule has 4 aromatic rings. The number of rotatable bonds is 9. The molecule has 0 saturated heterocycles. The van der Waals surface area contributed by atoms with Gasteiger partial charge in [-0.05, 0) is 54.3 Å². The molecule has 3 aromatic carbocycles. The van der Waals surface area contributed by atoms with Crippen LogP contribution in [0.15, 0.2) is 89.2 Å². The first kappa shape index (κ1) is 27.6. The van der Waals surface area contributed by atoms with Crippen LogP contribution in [-0.4, -0.2) is 33.1 Å². The van der Waals surface area contributed by atoms with E-state index in [1.54, 1.807) is 6.07 Å². The van der Waals surface area contributed by atoms with Gasteiger partial charge >= 0.3 is 5.97 Å². The van der Waals surface area contributed by atoms with E-state index in [0.29, 0.717) is 30.1 Å². The van der Waals surface area contributed by atoms with Crippen molar-refractivity contribution < 1.29 is 19.5 Å². The molecule has 0 saturated carbocycles. The first-order valence-electron chi connectivity index (χ1n) is 13.1. The summed E-state index contributed by atoms with van der Waals surface area (Å²) in [6.45, 7) is 1.95. The van der Waals surface area contributed by atoms with Gasteiger partial charge in [0, 0.05) is 21.5 Å². The summed E-state index contributed by atoms with van der Waals surface area (Å²) >= 11 is 2.80. The zero-order valence-electron chi connectivity index (χ0n) is 21.9. The van der Waals surface area contributed by atoms with Gasteiger partial charge in [0.2, 0.25) is 11.8 Å². The van der Waals surface area contributed by atoms with Crippen molar-refractivity contribution in [1.29, 1.82) is 0 Å². The molecular formula is C31H29N3O4S2. The van der Waals surface area contributed by atoms with E-state index in [1.165, 1.54) is 23.1 Å². The Balaban J connectivity index is 1.22. The second-order valence-corrected chi connectivity index (χ2v) is 11.7. The van der Waals surface area contributed by atoms with E-state index in [2.05, 4.69) is 39.9 Å². The van der Waals surface area contributed by atoms with E-state index < -0.39 is 17.8 Å². The number of nitrogens with zero attached hydrogens (tertiary/aromatic N) is 1. The highest BCUT2D eigenvalue weighted by Gasteiger charge is 2.34. The monoisotopic (exact) mass is 571 g/mol. The van der Waals surface area contributed by atoms with E-state index in [0.717, 1.165) is 26.9 Å². The molecule has 3 N–H and O–H groups in total. The number of nitrogens with one attached hydrogen (secondary N) is 2. The fraction of sp³-hybridized carbons (Fsp3) is 0.226. The van der Waals surface area contributed by atoms with E-state index in [9.17, 15) is 19.5 Å². The molecule has 1 aliphatic rings. The number of allylic oxidation sites excluding steroid dienone is 2. The summed E-state index contributed by atoms with van der Waals surface area (Å²) in [6.07, 6.45) is 5.01. The molecule has 2 amide bonds. The third-order valence-corrected chi connectivity index (χ3v) is 9.02. The normalized spacial score (nSPS) is 17.3. The molecule has 0 bridgehead atoms. The highest BCUT2D eigenvalue weighted by molar-refractivity contribution is 8.00. The zero-order chi connectivity index (χ0) is 28.1. The summed E-state index contributed by atoms with van der Waals surface area (Å²) in [5, 5.41) is 19.7. The molecule has 40 heavy (non-hydrogen) atoms. The van der Waals surface area contributed by atoms with Crippen molar-refractivity contribution in [3.8, 4) is 11.3 Å². The Labute approximate surface area is 240 Å². The second-order valence-electron chi connectivity index (χ2n) is 9.61. The molecule has 204 valence electrons. The van der Waals surface area contributed by atoms with Crippen LogP contribution in [0.1, 0.15) is 26.2 Å². The van der Waals surface area contributed by atoms with E-state index in [-0.39, 0.29) is 17.1 Å². The van der Waals surface area contributed by atoms with Crippen molar-refractivity contribution in [1.82, 2.24) is 4.98 Å². The van der Waals surface area contributed by atoms with E-state index >= 15 is 0 Å². The number of anilines is 2. The Morgan fingerprint density at radius 2 is 1.75 bits per heavy atom. The number of carbonyl (C=O) groups excluding carboxylic acids is 2. The van der Waals surface area contributed by atoms with Gasteiger partial charge in [0.05, 0.1) is 22.8 Å². The fourth-order valence-corrected chi connectivity index (χ4v) is 6.48. The van der Waals surface area contributed by atoms with Gasteiger partial charge in [0.15, 0.2) is 5.13 Å². The summed E-state index contributed by atoms with van der Waals surface area (Å²) in [5.74, 6) is -2.77. The number of aromatic nitrogens is 1. The molecule has 3 unspecified atom stereocenters. The van der Waals surface area contributed by atoms with Gasteiger partial charge in [0.1, 0.15) is 0 Å². The van der Waals surface area contributed by atoms with E-state index in [1.807, 2.05) is 60.9 Å². The van der Waals surface area contributed by atoms with Crippen LogP contribution in [0.3, 0.4) is 0 Å². The van der Waals surface area contributed by atoms with Crippen LogP contribution in [0, 0.1) is 11.8 Å². The number of carboxylic acids is 1. The number of carbonyl (C=O) groups is 3. The van der Waals surface area contributed by atoms with Crippen molar-refractivity contribution in [2.45, 2.75) is 36.3 Å². The van der Waals surface area contributed by atoms with Crippen molar-refractivity contribution >= 4 is 62.5 Å². The van der Waals surface area contributed by atoms with Crippen LogP contribution in [0.5, 0.6) is 0 Å². The first-order valence-corrected chi connectivity index (χ1v) is 14.9. The summed E-state index contributed by atoms with van der Waals surface area (Å²) in [5.41, 5.74) is 2.38. The van der Waals surface area contributed by atoms with Crippen molar-refractivity contribution in [3.63, 3.8) is 0 Å². The third kappa shape index (κ3) is 6.43. The van der Waals surface area contributed by atoms with Crippen LogP contribution in [0.2, 0.25) is 0 Å². The number of fused-ring (bicyclic) bond motifs is 1. The molecule has 0 radical (unpaired) electrons. The fourth-order valence-electron chi connectivity index (χ4n) is 4.74. The van der Waals surface area contributed by atoms with Crippen LogP contribution in [0.25, 0.3) is 22.0 Å². The number of carboxylic acid groups (broad SMARTS) is 1. The summed E-state index contributed by atoms with van der Waals surface area (Å²) in [6, 6.07) is 21.6. The predicted molar refractivity (Wildman–Crippen MR) is 162 cm³/mol. The van der Waals surface area contributed by atoms with Gasteiger partial charge in [-0.2, -0.15) is 0 Å². The van der Waals surface area contributed by atoms with Crippen LogP contribution in [0.4, 0.5) is 10.8 Å². The van der Waals surface area contributed by atoms with Gasteiger partial charge in [-0.1, -0.05) is 61.5 Å². The molecule has 0 fully saturated rings. The number of aliphatic carboxylic acids is 1. The maximum atomic E-state index is 13.1. The molecule has 1 aromatic heterocycles. The molecule has 0 aliphatic heterocycles.